The molecule has 3 nitrogen and oxygen atoms in total. The minimum absolute atomic E-state index is 0. The summed E-state index contributed by atoms with van der Waals surface area (Å²) in [6.07, 6.45) is 0.977. The van der Waals surface area contributed by atoms with Gasteiger partial charge in [0.05, 0.1) is 6.54 Å². The zero-order valence-electron chi connectivity index (χ0n) is 8.69. The average Bonchev–Trinajstić information content (AvgIpc) is 2.13. The van der Waals surface area contributed by atoms with Crippen molar-refractivity contribution in [1.29, 1.82) is 0 Å². The lowest BCUT2D eigenvalue weighted by atomic mass is 9.93. The molecule has 90 valence electrons. The quantitative estimate of drug-likeness (QED) is 0.780. The third-order valence-electron chi connectivity index (χ3n) is 2.35. The monoisotopic (exact) mass is 242 g/mol. The maximum atomic E-state index is 13.2. The molecule has 1 fully saturated rings. The number of halogens is 3. The van der Waals surface area contributed by atoms with Gasteiger partial charge in [0.25, 0.3) is 5.92 Å². The van der Waals surface area contributed by atoms with E-state index in [1.807, 2.05) is 6.92 Å². The largest absolute Gasteiger partial charge is 0.356 e. The number of carbonyl (C=O) groups is 1. The van der Waals surface area contributed by atoms with E-state index in [0.29, 0.717) is 13.1 Å². The fourth-order valence-electron chi connectivity index (χ4n) is 1.53. The lowest BCUT2D eigenvalue weighted by Crippen LogP contribution is -2.52. The van der Waals surface area contributed by atoms with Crippen LogP contribution >= 0.6 is 12.4 Å². The molecule has 0 aromatic carbocycles. The van der Waals surface area contributed by atoms with Crippen molar-refractivity contribution in [1.82, 2.24) is 10.6 Å². The topological polar surface area (TPSA) is 41.1 Å². The number of nitrogens with one attached hydrogen (secondary N) is 2. The lowest BCUT2D eigenvalue weighted by Gasteiger charge is -2.30. The van der Waals surface area contributed by atoms with E-state index in [4.69, 9.17) is 0 Å². The Bertz CT molecular complexity index is 214. The lowest BCUT2D eigenvalue weighted by molar-refractivity contribution is -0.142. The maximum Gasteiger partial charge on any atom is 0.271 e. The summed E-state index contributed by atoms with van der Waals surface area (Å²) < 4.78 is 26.4. The molecule has 0 aromatic rings. The second-order valence-electron chi connectivity index (χ2n) is 3.57. The van der Waals surface area contributed by atoms with Gasteiger partial charge in [0.1, 0.15) is 5.92 Å². The first-order chi connectivity index (χ1) is 6.58. The zero-order chi connectivity index (χ0) is 10.6. The SMILES string of the molecule is CCCNC(=O)C1CCNCC1(F)F.Cl. The summed E-state index contributed by atoms with van der Waals surface area (Å²) in [5, 5.41) is 5.10. The zero-order valence-corrected chi connectivity index (χ0v) is 9.50. The Balaban J connectivity index is 0.00000196. The van der Waals surface area contributed by atoms with Crippen molar-refractivity contribution in [2.75, 3.05) is 19.6 Å². The van der Waals surface area contributed by atoms with Crippen molar-refractivity contribution in [3.05, 3.63) is 0 Å². The molecule has 1 unspecified atom stereocenters. The Labute approximate surface area is 94.4 Å². The smallest absolute Gasteiger partial charge is 0.271 e. The molecule has 1 heterocycles. The molecule has 1 aliphatic rings. The molecular formula is C9H17ClF2N2O. The van der Waals surface area contributed by atoms with Crippen LogP contribution in [0.25, 0.3) is 0 Å². The van der Waals surface area contributed by atoms with Gasteiger partial charge in [-0.15, -0.1) is 12.4 Å². The normalized spacial score (nSPS) is 24.1. The van der Waals surface area contributed by atoms with E-state index in [1.165, 1.54) is 0 Å². The average molecular weight is 243 g/mol. The molecule has 1 amide bonds. The number of rotatable bonds is 3. The minimum atomic E-state index is -2.91. The van der Waals surface area contributed by atoms with Gasteiger partial charge in [0.15, 0.2) is 0 Å². The molecule has 15 heavy (non-hydrogen) atoms. The van der Waals surface area contributed by atoms with Gasteiger partial charge < -0.3 is 10.6 Å². The molecule has 0 saturated carbocycles. The highest BCUT2D eigenvalue weighted by atomic mass is 35.5. The van der Waals surface area contributed by atoms with Crippen LogP contribution in [0.15, 0.2) is 0 Å². The number of hydrogen-bond donors (Lipinski definition) is 2. The summed E-state index contributed by atoms with van der Waals surface area (Å²) in [6, 6.07) is 0. The minimum Gasteiger partial charge on any atom is -0.356 e. The molecule has 6 heteroatoms. The molecule has 0 radical (unpaired) electrons. The predicted molar refractivity (Wildman–Crippen MR) is 56.5 cm³/mol. The van der Waals surface area contributed by atoms with Gasteiger partial charge in [-0.2, -0.15) is 0 Å². The highest BCUT2D eigenvalue weighted by molar-refractivity contribution is 5.85. The summed E-state index contributed by atoms with van der Waals surface area (Å²) in [5.41, 5.74) is 0. The Morgan fingerprint density at radius 1 is 1.60 bits per heavy atom. The van der Waals surface area contributed by atoms with Crippen LogP contribution in [0.2, 0.25) is 0 Å². The summed E-state index contributed by atoms with van der Waals surface area (Å²) in [4.78, 5) is 11.4. The van der Waals surface area contributed by atoms with Crippen LogP contribution in [0.3, 0.4) is 0 Å². The van der Waals surface area contributed by atoms with Gasteiger partial charge in [-0.1, -0.05) is 6.92 Å². The van der Waals surface area contributed by atoms with E-state index in [9.17, 15) is 13.6 Å². The highest BCUT2D eigenvalue weighted by Gasteiger charge is 2.45. The number of hydrogen-bond acceptors (Lipinski definition) is 2. The fourth-order valence-corrected chi connectivity index (χ4v) is 1.53. The van der Waals surface area contributed by atoms with Crippen molar-refractivity contribution in [2.24, 2.45) is 5.92 Å². The van der Waals surface area contributed by atoms with Gasteiger partial charge in [0, 0.05) is 6.54 Å². The second-order valence-corrected chi connectivity index (χ2v) is 3.57. The van der Waals surface area contributed by atoms with Crippen molar-refractivity contribution in [3.8, 4) is 0 Å². The standard InChI is InChI=1S/C9H16F2N2O.ClH/c1-2-4-13-8(14)7-3-5-12-6-9(7,10)11;/h7,12H,2-6H2,1H3,(H,13,14);1H. The third kappa shape index (κ3) is 3.91. The van der Waals surface area contributed by atoms with Crippen LogP contribution < -0.4 is 10.6 Å². The van der Waals surface area contributed by atoms with Crippen molar-refractivity contribution in [3.63, 3.8) is 0 Å². The number of piperidine rings is 1. The van der Waals surface area contributed by atoms with Crippen molar-refractivity contribution >= 4 is 18.3 Å². The van der Waals surface area contributed by atoms with Gasteiger partial charge in [-0.3, -0.25) is 4.79 Å². The Morgan fingerprint density at radius 3 is 2.80 bits per heavy atom. The van der Waals surface area contributed by atoms with E-state index < -0.39 is 24.3 Å². The number of alkyl halides is 2. The first-order valence-corrected chi connectivity index (χ1v) is 4.94. The summed E-state index contributed by atoms with van der Waals surface area (Å²) >= 11 is 0. The van der Waals surface area contributed by atoms with Crippen LogP contribution in [-0.2, 0) is 4.79 Å². The van der Waals surface area contributed by atoms with Crippen LogP contribution in [0, 0.1) is 5.92 Å². The maximum absolute atomic E-state index is 13.2. The van der Waals surface area contributed by atoms with E-state index in [1.54, 1.807) is 0 Å². The van der Waals surface area contributed by atoms with E-state index in [2.05, 4.69) is 10.6 Å². The van der Waals surface area contributed by atoms with Gasteiger partial charge in [-0.05, 0) is 19.4 Å². The molecular weight excluding hydrogens is 226 g/mol. The van der Waals surface area contributed by atoms with Crippen LogP contribution in [0.4, 0.5) is 8.78 Å². The molecule has 1 aliphatic heterocycles. The molecule has 2 N–H and O–H groups in total. The molecule has 0 spiro atoms. The second kappa shape index (κ2) is 6.23. The van der Waals surface area contributed by atoms with Crippen LogP contribution in [0.5, 0.6) is 0 Å². The molecule has 0 aromatic heterocycles. The Morgan fingerprint density at radius 2 is 2.27 bits per heavy atom. The molecule has 1 saturated heterocycles. The van der Waals surface area contributed by atoms with Crippen LogP contribution in [0.1, 0.15) is 19.8 Å². The summed E-state index contributed by atoms with van der Waals surface area (Å²) in [5.74, 6) is -4.58. The van der Waals surface area contributed by atoms with E-state index in [0.717, 1.165) is 6.42 Å². The molecule has 1 atom stereocenters. The van der Waals surface area contributed by atoms with Gasteiger partial charge in [-0.25, -0.2) is 8.78 Å². The summed E-state index contributed by atoms with van der Waals surface area (Å²) in [7, 11) is 0. The Kier molecular flexibility index (Phi) is 6.05. The predicted octanol–water partition coefficient (Wildman–Crippen LogP) is 1.18. The first kappa shape index (κ1) is 14.6. The first-order valence-electron chi connectivity index (χ1n) is 4.94. The van der Waals surface area contributed by atoms with E-state index >= 15 is 0 Å². The van der Waals surface area contributed by atoms with Gasteiger partial charge in [0.2, 0.25) is 5.91 Å². The van der Waals surface area contributed by atoms with Crippen LogP contribution in [-0.4, -0.2) is 31.5 Å². The number of carbonyl (C=O) groups excluding carboxylic acids is 1. The number of amides is 1. The molecule has 0 bridgehead atoms. The Hall–Kier alpha value is -0.420. The molecule has 1 rings (SSSR count). The molecule has 0 aliphatic carbocycles. The summed E-state index contributed by atoms with van der Waals surface area (Å²) in [6.45, 7) is 2.46. The fraction of sp³-hybridized carbons (Fsp3) is 0.889. The van der Waals surface area contributed by atoms with Gasteiger partial charge >= 0.3 is 0 Å². The highest BCUT2D eigenvalue weighted by Crippen LogP contribution is 2.29. The van der Waals surface area contributed by atoms with Crippen molar-refractivity contribution in [2.45, 2.75) is 25.7 Å². The van der Waals surface area contributed by atoms with Crippen molar-refractivity contribution < 1.29 is 13.6 Å². The van der Waals surface area contributed by atoms with E-state index in [-0.39, 0.29) is 18.8 Å². The third-order valence-corrected chi connectivity index (χ3v) is 2.35.